The lowest BCUT2D eigenvalue weighted by Gasteiger charge is -2.12. The van der Waals surface area contributed by atoms with Crippen LogP contribution in [0.5, 0.6) is 5.75 Å². The van der Waals surface area contributed by atoms with Crippen LogP contribution >= 0.6 is 0 Å². The molecular weight excluding hydrogens is 344 g/mol. The predicted octanol–water partition coefficient (Wildman–Crippen LogP) is 4.09. The molecule has 2 aromatic carbocycles. The molecule has 6 heteroatoms. The molecule has 27 heavy (non-hydrogen) atoms. The van der Waals surface area contributed by atoms with Crippen LogP contribution in [0.2, 0.25) is 0 Å². The number of carbonyl (C=O) groups is 2. The molecule has 0 radical (unpaired) electrons. The molecule has 0 bridgehead atoms. The Morgan fingerprint density at radius 1 is 1.04 bits per heavy atom. The second-order valence-corrected chi connectivity index (χ2v) is 6.18. The van der Waals surface area contributed by atoms with Crippen molar-refractivity contribution in [1.82, 2.24) is 0 Å². The summed E-state index contributed by atoms with van der Waals surface area (Å²) < 4.78 is 10.6. The number of ether oxygens (including phenoxy) is 2. The molecule has 0 saturated heterocycles. The van der Waals surface area contributed by atoms with Crippen molar-refractivity contribution in [2.75, 3.05) is 23.8 Å². The minimum absolute atomic E-state index is 0.106. The summed E-state index contributed by atoms with van der Waals surface area (Å²) in [6, 6.07) is 14.3. The summed E-state index contributed by atoms with van der Waals surface area (Å²) in [5, 5.41) is 5.96. The lowest BCUT2D eigenvalue weighted by molar-refractivity contribution is -0.115. The second kappa shape index (κ2) is 10.2. The van der Waals surface area contributed by atoms with Crippen LogP contribution in [0.4, 0.5) is 11.4 Å². The standard InChI is InChI=1S/C21H26N2O4/c1-4-26-21(25)18-7-5-6-8-19(18)22-14-13-20(24)23-16-9-11-17(12-10-16)27-15(2)3/h5-12,15,22H,4,13-14H2,1-3H3,(H,23,24). The van der Waals surface area contributed by atoms with E-state index in [0.29, 0.717) is 30.1 Å². The van der Waals surface area contributed by atoms with Crippen LogP contribution in [0, 0.1) is 0 Å². The predicted molar refractivity (Wildman–Crippen MR) is 106 cm³/mol. The summed E-state index contributed by atoms with van der Waals surface area (Å²) in [4.78, 5) is 24.1. The number of esters is 1. The number of benzene rings is 2. The van der Waals surface area contributed by atoms with Gasteiger partial charge in [0.25, 0.3) is 0 Å². The SMILES string of the molecule is CCOC(=O)c1ccccc1NCCC(=O)Nc1ccc(OC(C)C)cc1. The van der Waals surface area contributed by atoms with E-state index in [1.165, 1.54) is 0 Å². The van der Waals surface area contributed by atoms with Crippen molar-refractivity contribution in [2.24, 2.45) is 0 Å². The summed E-state index contributed by atoms with van der Waals surface area (Å²) in [6.07, 6.45) is 0.371. The topological polar surface area (TPSA) is 76.7 Å². The van der Waals surface area contributed by atoms with Crippen molar-refractivity contribution >= 4 is 23.3 Å². The normalized spacial score (nSPS) is 10.4. The number of para-hydroxylation sites is 1. The van der Waals surface area contributed by atoms with E-state index in [1.54, 1.807) is 37.3 Å². The van der Waals surface area contributed by atoms with Gasteiger partial charge in [-0.25, -0.2) is 4.79 Å². The van der Waals surface area contributed by atoms with Gasteiger partial charge in [-0.15, -0.1) is 0 Å². The summed E-state index contributed by atoms with van der Waals surface area (Å²) in [5.74, 6) is 0.266. The number of nitrogens with one attached hydrogen (secondary N) is 2. The molecule has 2 rings (SSSR count). The molecule has 0 saturated carbocycles. The van der Waals surface area contributed by atoms with E-state index in [2.05, 4.69) is 10.6 Å². The fourth-order valence-corrected chi connectivity index (χ4v) is 2.45. The summed E-state index contributed by atoms with van der Waals surface area (Å²) in [6.45, 7) is 6.40. The summed E-state index contributed by atoms with van der Waals surface area (Å²) in [5.41, 5.74) is 1.82. The maximum Gasteiger partial charge on any atom is 0.340 e. The van der Waals surface area contributed by atoms with Gasteiger partial charge >= 0.3 is 5.97 Å². The molecule has 0 aliphatic heterocycles. The highest BCUT2D eigenvalue weighted by atomic mass is 16.5. The van der Waals surface area contributed by atoms with Crippen molar-refractivity contribution in [3.8, 4) is 5.75 Å². The minimum atomic E-state index is -0.381. The molecule has 144 valence electrons. The first-order valence-electron chi connectivity index (χ1n) is 9.06. The zero-order valence-corrected chi connectivity index (χ0v) is 16.0. The van der Waals surface area contributed by atoms with Gasteiger partial charge in [-0.2, -0.15) is 0 Å². The monoisotopic (exact) mass is 370 g/mol. The lowest BCUT2D eigenvalue weighted by atomic mass is 10.1. The van der Waals surface area contributed by atoms with Crippen molar-refractivity contribution in [3.05, 3.63) is 54.1 Å². The maximum absolute atomic E-state index is 12.1. The zero-order chi connectivity index (χ0) is 19.6. The van der Waals surface area contributed by atoms with Gasteiger partial charge in [0.2, 0.25) is 5.91 Å². The molecule has 0 unspecified atom stereocenters. The van der Waals surface area contributed by atoms with Gasteiger partial charge in [0.1, 0.15) is 5.75 Å². The first-order valence-corrected chi connectivity index (χ1v) is 9.06. The van der Waals surface area contributed by atoms with Crippen LogP contribution < -0.4 is 15.4 Å². The molecule has 0 aliphatic rings. The third-order valence-corrected chi connectivity index (χ3v) is 3.60. The van der Waals surface area contributed by atoms with E-state index in [4.69, 9.17) is 9.47 Å². The lowest BCUT2D eigenvalue weighted by Crippen LogP contribution is -2.17. The second-order valence-electron chi connectivity index (χ2n) is 6.18. The largest absolute Gasteiger partial charge is 0.491 e. The van der Waals surface area contributed by atoms with Gasteiger partial charge in [-0.05, 0) is 57.2 Å². The van der Waals surface area contributed by atoms with E-state index in [0.717, 1.165) is 5.75 Å². The maximum atomic E-state index is 12.1. The molecule has 6 nitrogen and oxygen atoms in total. The number of hydrogen-bond acceptors (Lipinski definition) is 5. The van der Waals surface area contributed by atoms with Crippen molar-refractivity contribution < 1.29 is 19.1 Å². The van der Waals surface area contributed by atoms with Crippen LogP contribution in [-0.2, 0) is 9.53 Å². The van der Waals surface area contributed by atoms with Gasteiger partial charge in [0.15, 0.2) is 0 Å². The van der Waals surface area contributed by atoms with Crippen LogP contribution in [0.25, 0.3) is 0 Å². The summed E-state index contributed by atoms with van der Waals surface area (Å²) >= 11 is 0. The van der Waals surface area contributed by atoms with Crippen LogP contribution in [-0.4, -0.2) is 31.1 Å². The minimum Gasteiger partial charge on any atom is -0.491 e. The molecular formula is C21H26N2O4. The molecule has 2 aromatic rings. The Hall–Kier alpha value is -3.02. The van der Waals surface area contributed by atoms with Gasteiger partial charge in [-0.3, -0.25) is 4.79 Å². The van der Waals surface area contributed by atoms with E-state index in [-0.39, 0.29) is 24.4 Å². The highest BCUT2D eigenvalue weighted by Gasteiger charge is 2.12. The van der Waals surface area contributed by atoms with Crippen molar-refractivity contribution in [1.29, 1.82) is 0 Å². The first kappa shape index (κ1) is 20.3. The van der Waals surface area contributed by atoms with Gasteiger partial charge < -0.3 is 20.1 Å². The third kappa shape index (κ3) is 6.66. The van der Waals surface area contributed by atoms with E-state index < -0.39 is 0 Å². The fourth-order valence-electron chi connectivity index (χ4n) is 2.45. The molecule has 1 amide bonds. The Morgan fingerprint density at radius 2 is 1.74 bits per heavy atom. The van der Waals surface area contributed by atoms with Crippen molar-refractivity contribution in [3.63, 3.8) is 0 Å². The van der Waals surface area contributed by atoms with E-state index >= 15 is 0 Å². The molecule has 0 fully saturated rings. The average molecular weight is 370 g/mol. The van der Waals surface area contributed by atoms with E-state index in [9.17, 15) is 9.59 Å². The number of anilines is 2. The van der Waals surface area contributed by atoms with Gasteiger partial charge in [-0.1, -0.05) is 12.1 Å². The van der Waals surface area contributed by atoms with Crippen LogP contribution in [0.1, 0.15) is 37.6 Å². The number of rotatable bonds is 9. The van der Waals surface area contributed by atoms with Crippen molar-refractivity contribution in [2.45, 2.75) is 33.3 Å². The Balaban J connectivity index is 1.84. The Kier molecular flexibility index (Phi) is 7.67. The number of carbonyl (C=O) groups excluding carboxylic acids is 2. The quantitative estimate of drug-likeness (QED) is 0.650. The van der Waals surface area contributed by atoms with E-state index in [1.807, 2.05) is 32.0 Å². The molecule has 0 aromatic heterocycles. The first-order chi connectivity index (χ1) is 13.0. The fraction of sp³-hybridized carbons (Fsp3) is 0.333. The highest BCUT2D eigenvalue weighted by Crippen LogP contribution is 2.18. The number of hydrogen-bond donors (Lipinski definition) is 2. The average Bonchev–Trinajstić information content (AvgIpc) is 2.63. The molecule has 0 atom stereocenters. The highest BCUT2D eigenvalue weighted by molar-refractivity contribution is 5.96. The summed E-state index contributed by atoms with van der Waals surface area (Å²) in [7, 11) is 0. The zero-order valence-electron chi connectivity index (χ0n) is 16.0. The Labute approximate surface area is 159 Å². The molecule has 0 spiro atoms. The Morgan fingerprint density at radius 3 is 2.41 bits per heavy atom. The molecule has 2 N–H and O–H groups in total. The Bertz CT molecular complexity index is 757. The van der Waals surface area contributed by atoms with Gasteiger partial charge in [0, 0.05) is 24.3 Å². The van der Waals surface area contributed by atoms with Crippen LogP contribution in [0.3, 0.4) is 0 Å². The smallest absolute Gasteiger partial charge is 0.340 e. The molecule has 0 heterocycles. The molecule has 0 aliphatic carbocycles. The van der Waals surface area contributed by atoms with Crippen LogP contribution in [0.15, 0.2) is 48.5 Å². The number of amides is 1. The van der Waals surface area contributed by atoms with Gasteiger partial charge in [0.05, 0.1) is 18.3 Å². The third-order valence-electron chi connectivity index (χ3n) is 3.60.